The van der Waals surface area contributed by atoms with Gasteiger partial charge in [-0.2, -0.15) is 10.2 Å². The van der Waals surface area contributed by atoms with Crippen LogP contribution in [0.15, 0.2) is 6.20 Å². The van der Waals surface area contributed by atoms with Gasteiger partial charge in [0.1, 0.15) is 5.82 Å². The molecule has 1 saturated heterocycles. The van der Waals surface area contributed by atoms with Gasteiger partial charge in [0.25, 0.3) is 0 Å². The zero-order chi connectivity index (χ0) is 12.3. The number of hydrogen-bond acceptors (Lipinski definition) is 6. The average Bonchev–Trinajstić information content (AvgIpc) is 2.39. The predicted octanol–water partition coefficient (Wildman–Crippen LogP) is 0.555. The molecule has 0 saturated carbocycles. The Hall–Kier alpha value is -1.87. The van der Waals surface area contributed by atoms with Crippen molar-refractivity contribution in [3.05, 3.63) is 11.8 Å². The highest BCUT2D eigenvalue weighted by Crippen LogP contribution is 2.20. The normalized spacial score (nSPS) is 19.8. The largest absolute Gasteiger partial charge is 0.360 e. The Morgan fingerprint density at radius 1 is 1.65 bits per heavy atom. The summed E-state index contributed by atoms with van der Waals surface area (Å²) in [5, 5.41) is 11.8. The molecule has 1 aromatic rings. The molecule has 2 rings (SSSR count). The highest BCUT2D eigenvalue weighted by molar-refractivity contribution is 5.49. The molecule has 1 aromatic heterocycles. The Morgan fingerprint density at radius 2 is 2.47 bits per heavy atom. The van der Waals surface area contributed by atoms with Gasteiger partial charge in [-0.15, -0.1) is 0 Å². The van der Waals surface area contributed by atoms with Crippen molar-refractivity contribution >= 4 is 11.8 Å². The van der Waals surface area contributed by atoms with Gasteiger partial charge >= 0.3 is 0 Å². The smallest absolute Gasteiger partial charge is 0.224 e. The first kappa shape index (κ1) is 11.6. The van der Waals surface area contributed by atoms with E-state index in [4.69, 9.17) is 10.00 Å². The first-order valence-corrected chi connectivity index (χ1v) is 5.52. The second-order valence-corrected chi connectivity index (χ2v) is 3.88. The number of nitrogens with zero attached hydrogens (tertiary/aromatic N) is 4. The Labute approximate surface area is 100 Å². The molecule has 1 aliphatic rings. The van der Waals surface area contributed by atoms with Crippen LogP contribution >= 0.6 is 0 Å². The number of aryl methyl sites for hydroxylation is 1. The number of anilines is 2. The van der Waals surface area contributed by atoms with Crippen molar-refractivity contribution in [3.63, 3.8) is 0 Å². The average molecular weight is 233 g/mol. The summed E-state index contributed by atoms with van der Waals surface area (Å²) in [6.45, 7) is 3.82. The summed E-state index contributed by atoms with van der Waals surface area (Å²) in [6.07, 6.45) is 1.40. The van der Waals surface area contributed by atoms with Crippen LogP contribution in [0.3, 0.4) is 0 Å². The lowest BCUT2D eigenvalue weighted by Gasteiger charge is -2.31. The van der Waals surface area contributed by atoms with Gasteiger partial charge in [0, 0.05) is 25.4 Å². The topological polar surface area (TPSA) is 74.1 Å². The zero-order valence-corrected chi connectivity index (χ0v) is 9.97. The van der Waals surface area contributed by atoms with E-state index < -0.39 is 0 Å². The molecule has 90 valence electrons. The van der Waals surface area contributed by atoms with Crippen molar-refractivity contribution in [1.82, 2.24) is 9.97 Å². The molecule has 6 heteroatoms. The lowest BCUT2D eigenvalue weighted by atomic mass is 10.2. The molecular weight excluding hydrogens is 218 g/mol. The Morgan fingerprint density at radius 3 is 3.18 bits per heavy atom. The third kappa shape index (κ3) is 2.45. The highest BCUT2D eigenvalue weighted by Gasteiger charge is 2.22. The van der Waals surface area contributed by atoms with E-state index in [0.717, 1.165) is 17.9 Å². The van der Waals surface area contributed by atoms with E-state index in [0.29, 0.717) is 19.1 Å². The van der Waals surface area contributed by atoms with Gasteiger partial charge < -0.3 is 15.0 Å². The van der Waals surface area contributed by atoms with E-state index >= 15 is 0 Å². The van der Waals surface area contributed by atoms with Crippen LogP contribution in [-0.4, -0.2) is 42.8 Å². The number of rotatable bonds is 2. The number of hydrogen-bond donors (Lipinski definition) is 1. The van der Waals surface area contributed by atoms with Gasteiger partial charge in [0.2, 0.25) is 5.95 Å². The van der Waals surface area contributed by atoms with Crippen LogP contribution in [0.1, 0.15) is 5.56 Å². The molecule has 1 N–H and O–H groups in total. The Kier molecular flexibility index (Phi) is 3.40. The molecule has 6 nitrogen and oxygen atoms in total. The fourth-order valence-electron chi connectivity index (χ4n) is 1.79. The summed E-state index contributed by atoms with van der Waals surface area (Å²) < 4.78 is 5.31. The van der Waals surface area contributed by atoms with Crippen molar-refractivity contribution in [2.75, 3.05) is 37.0 Å². The van der Waals surface area contributed by atoms with E-state index in [2.05, 4.69) is 26.3 Å². The maximum Gasteiger partial charge on any atom is 0.224 e. The summed E-state index contributed by atoms with van der Waals surface area (Å²) in [7, 11) is 1.78. The molecule has 0 bridgehead atoms. The molecule has 1 fully saturated rings. The van der Waals surface area contributed by atoms with Crippen LogP contribution in [-0.2, 0) is 4.74 Å². The monoisotopic (exact) mass is 233 g/mol. The molecule has 1 aliphatic heterocycles. The lowest BCUT2D eigenvalue weighted by molar-refractivity contribution is 0.0761. The van der Waals surface area contributed by atoms with E-state index in [-0.39, 0.29) is 6.10 Å². The van der Waals surface area contributed by atoms with Crippen molar-refractivity contribution in [3.8, 4) is 6.07 Å². The lowest BCUT2D eigenvalue weighted by Crippen LogP contribution is -2.42. The SMILES string of the molecule is CNc1ncc(C)c(N2CCOC(C#N)C2)n1. The molecular formula is C11H15N5O. The summed E-state index contributed by atoms with van der Waals surface area (Å²) in [5.41, 5.74) is 1.00. The van der Waals surface area contributed by atoms with E-state index in [1.807, 2.05) is 6.92 Å². The van der Waals surface area contributed by atoms with Crippen molar-refractivity contribution in [2.24, 2.45) is 0 Å². The number of nitrogens with one attached hydrogen (secondary N) is 1. The zero-order valence-electron chi connectivity index (χ0n) is 9.97. The highest BCUT2D eigenvalue weighted by atomic mass is 16.5. The number of morpholine rings is 1. The van der Waals surface area contributed by atoms with Crippen LogP contribution in [0, 0.1) is 18.3 Å². The number of aromatic nitrogens is 2. The Balaban J connectivity index is 2.24. The summed E-state index contributed by atoms with van der Waals surface area (Å²) in [5.74, 6) is 1.46. The van der Waals surface area contributed by atoms with Gasteiger partial charge in [0.15, 0.2) is 6.10 Å². The molecule has 0 amide bonds. The maximum absolute atomic E-state index is 8.88. The standard InChI is InChI=1S/C11H15N5O/c1-8-6-14-11(13-2)15-10(8)16-3-4-17-9(5-12)7-16/h6,9H,3-4,7H2,1-2H3,(H,13,14,15). The third-order valence-electron chi connectivity index (χ3n) is 2.68. The summed E-state index contributed by atoms with van der Waals surface area (Å²) in [6, 6.07) is 2.13. The molecule has 0 aromatic carbocycles. The Bertz CT molecular complexity index is 442. The van der Waals surface area contributed by atoms with Crippen LogP contribution in [0.2, 0.25) is 0 Å². The number of nitriles is 1. The van der Waals surface area contributed by atoms with Gasteiger partial charge in [-0.1, -0.05) is 0 Å². The summed E-state index contributed by atoms with van der Waals surface area (Å²) >= 11 is 0. The van der Waals surface area contributed by atoms with Crippen LogP contribution in [0.4, 0.5) is 11.8 Å². The molecule has 0 radical (unpaired) electrons. The summed E-state index contributed by atoms with van der Waals surface area (Å²) in [4.78, 5) is 10.6. The maximum atomic E-state index is 8.88. The van der Waals surface area contributed by atoms with Gasteiger partial charge in [-0.25, -0.2) is 4.98 Å². The fraction of sp³-hybridized carbons (Fsp3) is 0.545. The van der Waals surface area contributed by atoms with E-state index in [1.54, 1.807) is 13.2 Å². The van der Waals surface area contributed by atoms with Gasteiger partial charge in [0.05, 0.1) is 19.2 Å². The van der Waals surface area contributed by atoms with Crippen LogP contribution < -0.4 is 10.2 Å². The van der Waals surface area contributed by atoms with E-state index in [9.17, 15) is 0 Å². The second-order valence-electron chi connectivity index (χ2n) is 3.88. The van der Waals surface area contributed by atoms with Crippen LogP contribution in [0.25, 0.3) is 0 Å². The fourth-order valence-corrected chi connectivity index (χ4v) is 1.79. The minimum Gasteiger partial charge on any atom is -0.360 e. The van der Waals surface area contributed by atoms with Crippen molar-refractivity contribution in [2.45, 2.75) is 13.0 Å². The number of ether oxygens (including phenoxy) is 1. The molecule has 1 unspecified atom stereocenters. The second kappa shape index (κ2) is 4.97. The molecule has 2 heterocycles. The minimum atomic E-state index is -0.379. The first-order valence-electron chi connectivity index (χ1n) is 5.52. The van der Waals surface area contributed by atoms with Gasteiger partial charge in [-0.3, -0.25) is 0 Å². The molecule has 0 aliphatic carbocycles. The molecule has 1 atom stereocenters. The van der Waals surface area contributed by atoms with Crippen LogP contribution in [0.5, 0.6) is 0 Å². The predicted molar refractivity (Wildman–Crippen MR) is 63.9 cm³/mol. The quantitative estimate of drug-likeness (QED) is 0.804. The van der Waals surface area contributed by atoms with E-state index in [1.165, 1.54) is 0 Å². The molecule has 0 spiro atoms. The van der Waals surface area contributed by atoms with Crippen molar-refractivity contribution < 1.29 is 4.74 Å². The van der Waals surface area contributed by atoms with Gasteiger partial charge in [-0.05, 0) is 6.92 Å². The third-order valence-corrected chi connectivity index (χ3v) is 2.68. The van der Waals surface area contributed by atoms with Crippen molar-refractivity contribution in [1.29, 1.82) is 5.26 Å². The molecule has 17 heavy (non-hydrogen) atoms. The minimum absolute atomic E-state index is 0.379. The first-order chi connectivity index (χ1) is 8.24.